The van der Waals surface area contributed by atoms with Crippen molar-refractivity contribution >= 4 is 0 Å². The number of nitrogens with zero attached hydrogens (tertiary/aromatic N) is 2. The lowest BCUT2D eigenvalue weighted by molar-refractivity contribution is 0.890. The fraction of sp³-hybridized carbons (Fsp3) is 0.750. The highest BCUT2D eigenvalue weighted by atomic mass is 15.1. The summed E-state index contributed by atoms with van der Waals surface area (Å²) in [7, 11) is 0. The molecule has 0 fully saturated rings. The quantitative estimate of drug-likeness (QED) is 0.495. The molecule has 2 heteroatoms. The zero-order valence-electron chi connectivity index (χ0n) is 7.46. The van der Waals surface area contributed by atoms with Gasteiger partial charge in [-0.15, -0.1) is 0 Å². The predicted octanol–water partition coefficient (Wildman–Crippen LogP) is 3.41. The maximum absolute atomic E-state index is 3.72. The van der Waals surface area contributed by atoms with Gasteiger partial charge in [-0.3, -0.25) is 0 Å². The third kappa shape index (κ3) is 10.3. The van der Waals surface area contributed by atoms with E-state index in [9.17, 15) is 0 Å². The second-order valence-corrected chi connectivity index (χ2v) is 1.15. The van der Waals surface area contributed by atoms with Gasteiger partial charge in [-0.25, -0.2) is 0 Å². The molecule has 0 aromatic carbocycles. The first-order valence-electron chi connectivity index (χ1n) is 4.02. The van der Waals surface area contributed by atoms with Crippen molar-refractivity contribution in [1.82, 2.24) is 0 Å². The zero-order valence-corrected chi connectivity index (χ0v) is 7.46. The first-order valence-corrected chi connectivity index (χ1v) is 4.02. The van der Waals surface area contributed by atoms with Crippen LogP contribution in [0.2, 0.25) is 0 Å². The van der Waals surface area contributed by atoms with Gasteiger partial charge in [0.1, 0.15) is 0 Å². The summed E-state index contributed by atoms with van der Waals surface area (Å²) in [5.74, 6) is 0. The van der Waals surface area contributed by atoms with Crippen molar-refractivity contribution in [2.24, 2.45) is 10.2 Å². The summed E-state index contributed by atoms with van der Waals surface area (Å²) in [5.41, 5.74) is 0. The smallest absolute Gasteiger partial charge is 0.0638 e. The third-order valence-electron chi connectivity index (χ3n) is 0.649. The lowest BCUT2D eigenvalue weighted by Crippen LogP contribution is -1.76. The highest BCUT2D eigenvalue weighted by Gasteiger charge is 1.79. The van der Waals surface area contributed by atoms with E-state index in [0.717, 1.165) is 13.0 Å². The minimum Gasteiger partial charge on any atom is -0.189 e. The Kier molecular flexibility index (Phi) is 19.0. The maximum Gasteiger partial charge on any atom is 0.0638 e. The van der Waals surface area contributed by atoms with Crippen LogP contribution in [0.5, 0.6) is 0 Å². The van der Waals surface area contributed by atoms with Gasteiger partial charge in [-0.2, -0.15) is 10.2 Å². The van der Waals surface area contributed by atoms with Crippen LogP contribution in [0, 0.1) is 0 Å². The van der Waals surface area contributed by atoms with E-state index >= 15 is 0 Å². The molecule has 0 bridgehead atoms. The van der Waals surface area contributed by atoms with Crippen LogP contribution in [0.4, 0.5) is 0 Å². The van der Waals surface area contributed by atoms with Crippen LogP contribution in [-0.4, -0.2) is 6.54 Å². The Morgan fingerprint density at radius 2 is 1.70 bits per heavy atom. The molecule has 1 aliphatic heterocycles. The molecule has 0 N–H and O–H groups in total. The summed E-state index contributed by atoms with van der Waals surface area (Å²) < 4.78 is 0. The molecule has 0 radical (unpaired) electrons. The van der Waals surface area contributed by atoms with E-state index in [1.54, 1.807) is 6.20 Å². The fourth-order valence-corrected chi connectivity index (χ4v) is 0.359. The molecule has 0 amide bonds. The van der Waals surface area contributed by atoms with Gasteiger partial charge in [0.2, 0.25) is 0 Å². The van der Waals surface area contributed by atoms with Crippen LogP contribution in [0.3, 0.4) is 0 Å². The highest BCUT2D eigenvalue weighted by molar-refractivity contribution is 4.81. The number of hydrogen-bond acceptors (Lipinski definition) is 2. The van der Waals surface area contributed by atoms with Crippen LogP contribution in [0.1, 0.15) is 34.1 Å². The molecule has 1 aliphatic rings. The van der Waals surface area contributed by atoms with Crippen molar-refractivity contribution in [2.45, 2.75) is 34.1 Å². The maximum atomic E-state index is 3.72. The Labute approximate surface area is 64.1 Å². The fourth-order valence-electron chi connectivity index (χ4n) is 0.359. The van der Waals surface area contributed by atoms with E-state index in [1.165, 1.54) is 0 Å². The van der Waals surface area contributed by atoms with Gasteiger partial charge in [0, 0.05) is 6.20 Å². The van der Waals surface area contributed by atoms with Gasteiger partial charge in [-0.1, -0.05) is 33.8 Å². The van der Waals surface area contributed by atoms with Crippen molar-refractivity contribution in [3.8, 4) is 0 Å². The van der Waals surface area contributed by atoms with Crippen molar-refractivity contribution in [1.29, 1.82) is 0 Å². The summed E-state index contributed by atoms with van der Waals surface area (Å²) in [5, 5.41) is 7.34. The van der Waals surface area contributed by atoms with Gasteiger partial charge in [0.05, 0.1) is 6.54 Å². The predicted molar refractivity (Wildman–Crippen MR) is 46.2 cm³/mol. The molecule has 0 saturated heterocycles. The molecular weight excluding hydrogens is 124 g/mol. The molecule has 0 aromatic heterocycles. The Bertz CT molecular complexity index is 73.3. The van der Waals surface area contributed by atoms with Crippen LogP contribution >= 0.6 is 0 Å². The SMILES string of the molecule is C1=CN=NCC1.CC.CC. The van der Waals surface area contributed by atoms with E-state index in [1.807, 2.05) is 33.8 Å². The van der Waals surface area contributed by atoms with E-state index in [2.05, 4.69) is 10.2 Å². The Morgan fingerprint density at radius 1 is 1.10 bits per heavy atom. The third-order valence-corrected chi connectivity index (χ3v) is 0.649. The summed E-state index contributed by atoms with van der Waals surface area (Å²) >= 11 is 0. The highest BCUT2D eigenvalue weighted by Crippen LogP contribution is 1.92. The summed E-state index contributed by atoms with van der Waals surface area (Å²) in [6.45, 7) is 8.87. The lowest BCUT2D eigenvalue weighted by atomic mass is 10.4. The molecule has 1 heterocycles. The van der Waals surface area contributed by atoms with Gasteiger partial charge in [-0.05, 0) is 6.42 Å². The average molecular weight is 142 g/mol. The molecule has 60 valence electrons. The van der Waals surface area contributed by atoms with Gasteiger partial charge in [0.15, 0.2) is 0 Å². The van der Waals surface area contributed by atoms with E-state index in [0.29, 0.717) is 0 Å². The second-order valence-electron chi connectivity index (χ2n) is 1.15. The minimum atomic E-state index is 0.872. The van der Waals surface area contributed by atoms with Crippen LogP contribution < -0.4 is 0 Å². The Hall–Kier alpha value is -0.660. The van der Waals surface area contributed by atoms with Crippen molar-refractivity contribution in [3.05, 3.63) is 12.3 Å². The van der Waals surface area contributed by atoms with Gasteiger partial charge >= 0.3 is 0 Å². The molecule has 10 heavy (non-hydrogen) atoms. The van der Waals surface area contributed by atoms with Crippen LogP contribution in [-0.2, 0) is 0 Å². The molecule has 0 spiro atoms. The first kappa shape index (κ1) is 12.1. The van der Waals surface area contributed by atoms with E-state index < -0.39 is 0 Å². The van der Waals surface area contributed by atoms with Crippen molar-refractivity contribution in [2.75, 3.05) is 6.54 Å². The zero-order chi connectivity index (χ0) is 8.24. The van der Waals surface area contributed by atoms with E-state index in [4.69, 9.17) is 0 Å². The Morgan fingerprint density at radius 3 is 1.80 bits per heavy atom. The van der Waals surface area contributed by atoms with E-state index in [-0.39, 0.29) is 0 Å². The second kappa shape index (κ2) is 15.8. The normalized spacial score (nSPS) is 12.4. The van der Waals surface area contributed by atoms with Gasteiger partial charge < -0.3 is 0 Å². The first-order chi connectivity index (χ1) is 5.00. The largest absolute Gasteiger partial charge is 0.189 e. The lowest BCUT2D eigenvalue weighted by Gasteiger charge is -1.87. The summed E-state index contributed by atoms with van der Waals surface area (Å²) in [6, 6.07) is 0. The number of azo groups is 1. The van der Waals surface area contributed by atoms with Crippen LogP contribution in [0.15, 0.2) is 22.5 Å². The molecule has 0 atom stereocenters. The monoisotopic (exact) mass is 142 g/mol. The standard InChI is InChI=1S/C4H6N2.2C2H6/c1-2-4-6-5-3-1;2*1-2/h1,3H,2,4H2;2*1-2H3. The molecular formula is C8H18N2. The molecule has 0 unspecified atom stereocenters. The molecule has 0 aliphatic carbocycles. The van der Waals surface area contributed by atoms with Gasteiger partial charge in [0.25, 0.3) is 0 Å². The summed E-state index contributed by atoms with van der Waals surface area (Å²) in [4.78, 5) is 0. The van der Waals surface area contributed by atoms with Crippen molar-refractivity contribution in [3.63, 3.8) is 0 Å². The number of hydrogen-bond donors (Lipinski definition) is 0. The Balaban J connectivity index is 0. The molecule has 0 saturated carbocycles. The van der Waals surface area contributed by atoms with Crippen LogP contribution in [0.25, 0.3) is 0 Å². The number of rotatable bonds is 0. The topological polar surface area (TPSA) is 24.7 Å². The molecule has 1 rings (SSSR count). The van der Waals surface area contributed by atoms with Crippen molar-refractivity contribution < 1.29 is 0 Å². The summed E-state index contributed by atoms with van der Waals surface area (Å²) in [6.07, 6.45) is 4.79. The minimum absolute atomic E-state index is 0.872. The average Bonchev–Trinajstić information content (AvgIpc) is 2.14. The molecule has 2 nitrogen and oxygen atoms in total. The molecule has 0 aromatic rings.